The van der Waals surface area contributed by atoms with E-state index in [-0.39, 0.29) is 17.9 Å². The maximum Gasteiger partial charge on any atom is 0.254 e. The van der Waals surface area contributed by atoms with Crippen molar-refractivity contribution in [2.45, 2.75) is 37.6 Å². The fourth-order valence-corrected chi connectivity index (χ4v) is 4.31. The highest BCUT2D eigenvalue weighted by molar-refractivity contribution is 6.39. The van der Waals surface area contributed by atoms with Crippen LogP contribution in [0.15, 0.2) is 36.4 Å². The monoisotopic (exact) mass is 407 g/mol. The molecule has 1 aliphatic carbocycles. The highest BCUT2D eigenvalue weighted by Crippen LogP contribution is 2.38. The third kappa shape index (κ3) is 4.33. The van der Waals surface area contributed by atoms with E-state index >= 15 is 0 Å². The molecule has 2 aromatic rings. The molecule has 2 unspecified atom stereocenters. The van der Waals surface area contributed by atoms with Crippen molar-refractivity contribution in [1.29, 1.82) is 0 Å². The number of methoxy groups -OCH3 is 2. The fraction of sp³-hybridized carbons (Fsp3) is 0.381. The summed E-state index contributed by atoms with van der Waals surface area (Å²) >= 11 is 12.4. The van der Waals surface area contributed by atoms with Crippen molar-refractivity contribution in [3.8, 4) is 11.5 Å². The van der Waals surface area contributed by atoms with Gasteiger partial charge in [-0.25, -0.2) is 0 Å². The summed E-state index contributed by atoms with van der Waals surface area (Å²) in [6, 6.07) is 11.0. The number of halogens is 2. The van der Waals surface area contributed by atoms with E-state index in [2.05, 4.69) is 5.32 Å². The second-order valence-corrected chi connectivity index (χ2v) is 7.50. The van der Waals surface area contributed by atoms with Gasteiger partial charge in [0.25, 0.3) is 5.91 Å². The molecule has 0 spiro atoms. The molecule has 1 fully saturated rings. The largest absolute Gasteiger partial charge is 0.493 e. The average molecular weight is 408 g/mol. The molecule has 1 saturated carbocycles. The van der Waals surface area contributed by atoms with Gasteiger partial charge in [-0.05, 0) is 42.7 Å². The number of carbonyl (C=O) groups excluding carboxylic acids is 1. The Labute approximate surface area is 169 Å². The van der Waals surface area contributed by atoms with Crippen molar-refractivity contribution in [2.75, 3.05) is 14.2 Å². The number of carbonyl (C=O) groups is 1. The molecule has 2 atom stereocenters. The number of rotatable bonds is 5. The Balaban J connectivity index is 1.85. The second-order valence-electron chi connectivity index (χ2n) is 6.68. The molecule has 1 amide bonds. The molecule has 0 aliphatic heterocycles. The molecule has 1 N–H and O–H groups in total. The van der Waals surface area contributed by atoms with Crippen LogP contribution < -0.4 is 14.8 Å². The van der Waals surface area contributed by atoms with Gasteiger partial charge in [0.15, 0.2) is 11.5 Å². The maximum absolute atomic E-state index is 12.8. The number of ether oxygens (including phenoxy) is 2. The number of nitrogens with one attached hydrogen (secondary N) is 1. The SMILES string of the molecule is COc1ccc(C2CCCCC2NC(=O)c2c(Cl)cccc2Cl)cc1OC. The molecule has 27 heavy (non-hydrogen) atoms. The predicted octanol–water partition coefficient (Wildman–Crippen LogP) is 5.47. The van der Waals surface area contributed by atoms with Crippen LogP contribution in [0, 0.1) is 0 Å². The van der Waals surface area contributed by atoms with Crippen LogP contribution in [-0.2, 0) is 0 Å². The minimum Gasteiger partial charge on any atom is -0.493 e. The zero-order valence-corrected chi connectivity index (χ0v) is 16.9. The summed E-state index contributed by atoms with van der Waals surface area (Å²) in [6.07, 6.45) is 4.10. The topological polar surface area (TPSA) is 47.6 Å². The van der Waals surface area contributed by atoms with Crippen molar-refractivity contribution in [3.05, 3.63) is 57.6 Å². The zero-order chi connectivity index (χ0) is 19.4. The molecule has 0 radical (unpaired) electrons. The van der Waals surface area contributed by atoms with Crippen LogP contribution in [0.5, 0.6) is 11.5 Å². The lowest BCUT2D eigenvalue weighted by molar-refractivity contribution is 0.0921. The Bertz CT molecular complexity index is 805. The minimum absolute atomic E-state index is 0.0108. The normalized spacial score (nSPS) is 19.4. The van der Waals surface area contributed by atoms with E-state index < -0.39 is 0 Å². The molecule has 1 aliphatic rings. The van der Waals surface area contributed by atoms with Crippen LogP contribution in [0.2, 0.25) is 10.0 Å². The van der Waals surface area contributed by atoms with Crippen molar-refractivity contribution in [1.82, 2.24) is 5.32 Å². The Morgan fingerprint density at radius 3 is 2.33 bits per heavy atom. The summed E-state index contributed by atoms with van der Waals surface area (Å²) in [5.74, 6) is 1.35. The van der Waals surface area contributed by atoms with Gasteiger partial charge in [-0.1, -0.05) is 48.2 Å². The van der Waals surface area contributed by atoms with Gasteiger partial charge < -0.3 is 14.8 Å². The molecule has 3 rings (SSSR count). The Morgan fingerprint density at radius 2 is 1.67 bits per heavy atom. The van der Waals surface area contributed by atoms with Gasteiger partial charge in [0.2, 0.25) is 0 Å². The molecule has 0 aromatic heterocycles. The highest BCUT2D eigenvalue weighted by Gasteiger charge is 2.29. The lowest BCUT2D eigenvalue weighted by Crippen LogP contribution is -2.41. The first kappa shape index (κ1) is 19.8. The first-order chi connectivity index (χ1) is 13.0. The van der Waals surface area contributed by atoms with Gasteiger partial charge in [-0.2, -0.15) is 0 Å². The summed E-state index contributed by atoms with van der Waals surface area (Å²) in [4.78, 5) is 12.8. The standard InChI is InChI=1S/C21H23Cl2NO3/c1-26-18-11-10-13(12-19(18)27-2)14-6-3-4-9-17(14)24-21(25)20-15(22)7-5-8-16(20)23/h5,7-8,10-12,14,17H,3-4,6,9H2,1-2H3,(H,24,25). The molecule has 144 valence electrons. The summed E-state index contributed by atoms with van der Waals surface area (Å²) < 4.78 is 10.8. The van der Waals surface area contributed by atoms with E-state index in [9.17, 15) is 4.79 Å². The lowest BCUT2D eigenvalue weighted by Gasteiger charge is -2.33. The number of amides is 1. The van der Waals surface area contributed by atoms with Gasteiger partial charge in [0.1, 0.15) is 0 Å². The fourth-order valence-electron chi connectivity index (χ4n) is 3.74. The summed E-state index contributed by atoms with van der Waals surface area (Å²) in [6.45, 7) is 0. The quantitative estimate of drug-likeness (QED) is 0.714. The average Bonchev–Trinajstić information content (AvgIpc) is 2.67. The molecular formula is C21H23Cl2NO3. The first-order valence-electron chi connectivity index (χ1n) is 9.02. The van der Waals surface area contributed by atoms with Gasteiger partial charge in [-0.15, -0.1) is 0 Å². The third-order valence-electron chi connectivity index (χ3n) is 5.11. The molecule has 6 heteroatoms. The van der Waals surface area contributed by atoms with Gasteiger partial charge in [0.05, 0.1) is 29.8 Å². The Hall–Kier alpha value is -1.91. The Morgan fingerprint density at radius 1 is 1.00 bits per heavy atom. The first-order valence-corrected chi connectivity index (χ1v) is 9.77. The van der Waals surface area contributed by atoms with Crippen molar-refractivity contribution >= 4 is 29.1 Å². The van der Waals surface area contributed by atoms with E-state index in [4.69, 9.17) is 32.7 Å². The van der Waals surface area contributed by atoms with Crippen LogP contribution >= 0.6 is 23.2 Å². The molecule has 4 nitrogen and oxygen atoms in total. The second kappa shape index (κ2) is 8.85. The summed E-state index contributed by atoms with van der Waals surface area (Å²) in [5, 5.41) is 3.87. The van der Waals surface area contributed by atoms with Gasteiger partial charge >= 0.3 is 0 Å². The van der Waals surface area contributed by atoms with Crippen LogP contribution in [0.3, 0.4) is 0 Å². The third-order valence-corrected chi connectivity index (χ3v) is 5.74. The van der Waals surface area contributed by atoms with E-state index in [1.54, 1.807) is 32.4 Å². The minimum atomic E-state index is -0.233. The number of benzene rings is 2. The Kier molecular flexibility index (Phi) is 6.51. The van der Waals surface area contributed by atoms with E-state index in [0.29, 0.717) is 27.1 Å². The van der Waals surface area contributed by atoms with Crippen molar-refractivity contribution in [2.24, 2.45) is 0 Å². The molecule has 0 saturated heterocycles. The number of hydrogen-bond acceptors (Lipinski definition) is 3. The van der Waals surface area contributed by atoms with E-state index in [0.717, 1.165) is 31.2 Å². The maximum atomic E-state index is 12.8. The van der Waals surface area contributed by atoms with Gasteiger partial charge in [-0.3, -0.25) is 4.79 Å². The van der Waals surface area contributed by atoms with Crippen LogP contribution in [0.4, 0.5) is 0 Å². The highest BCUT2D eigenvalue weighted by atomic mass is 35.5. The summed E-state index contributed by atoms with van der Waals surface area (Å²) in [5.41, 5.74) is 1.46. The van der Waals surface area contributed by atoms with Crippen molar-refractivity contribution in [3.63, 3.8) is 0 Å². The van der Waals surface area contributed by atoms with Crippen molar-refractivity contribution < 1.29 is 14.3 Å². The van der Waals surface area contributed by atoms with Crippen LogP contribution in [0.1, 0.15) is 47.5 Å². The molecule has 2 aromatic carbocycles. The van der Waals surface area contributed by atoms with Crippen LogP contribution in [-0.4, -0.2) is 26.2 Å². The van der Waals surface area contributed by atoms with Crippen LogP contribution in [0.25, 0.3) is 0 Å². The van der Waals surface area contributed by atoms with Gasteiger partial charge in [0, 0.05) is 12.0 Å². The molecule has 0 heterocycles. The lowest BCUT2D eigenvalue weighted by atomic mass is 9.79. The molecular weight excluding hydrogens is 385 g/mol. The predicted molar refractivity (Wildman–Crippen MR) is 108 cm³/mol. The van der Waals surface area contributed by atoms with E-state index in [1.165, 1.54) is 0 Å². The smallest absolute Gasteiger partial charge is 0.254 e. The zero-order valence-electron chi connectivity index (χ0n) is 15.4. The van der Waals surface area contributed by atoms with E-state index in [1.807, 2.05) is 18.2 Å². The molecule has 0 bridgehead atoms. The number of hydrogen-bond donors (Lipinski definition) is 1. The summed E-state index contributed by atoms with van der Waals surface area (Å²) in [7, 11) is 3.25.